The van der Waals surface area contributed by atoms with E-state index in [4.69, 9.17) is 4.74 Å². The van der Waals surface area contributed by atoms with Gasteiger partial charge in [0.2, 0.25) is 5.91 Å². The van der Waals surface area contributed by atoms with Crippen molar-refractivity contribution in [2.45, 2.75) is 39.0 Å². The first-order valence-electron chi connectivity index (χ1n) is 6.05. The summed E-state index contributed by atoms with van der Waals surface area (Å²) in [5.74, 6) is -0.0920. The molecule has 0 saturated heterocycles. The summed E-state index contributed by atoms with van der Waals surface area (Å²) >= 11 is 0. The zero-order valence-corrected chi connectivity index (χ0v) is 10.2. The molecule has 1 saturated carbocycles. The molecule has 0 aromatic rings. The fraction of sp³-hybridized carbons (Fsp3) is 0.833. The number of carbonyl (C=O) groups is 2. The summed E-state index contributed by atoms with van der Waals surface area (Å²) < 4.78 is 4.94. The summed E-state index contributed by atoms with van der Waals surface area (Å²) in [7, 11) is 1.67. The van der Waals surface area contributed by atoms with Crippen LogP contribution in [0.1, 0.15) is 39.0 Å². The summed E-state index contributed by atoms with van der Waals surface area (Å²) in [6.45, 7) is 2.46. The summed E-state index contributed by atoms with van der Waals surface area (Å²) in [4.78, 5) is 24.7. The van der Waals surface area contributed by atoms with E-state index in [1.54, 1.807) is 7.05 Å². The van der Waals surface area contributed by atoms with Crippen LogP contribution >= 0.6 is 0 Å². The Kier molecular flexibility index (Phi) is 5.29. The minimum absolute atomic E-state index is 0.0787. The smallest absolute Gasteiger partial charge is 0.325 e. The van der Waals surface area contributed by atoms with E-state index in [1.165, 1.54) is 4.90 Å². The minimum atomic E-state index is -0.310. The molecule has 0 spiro atoms. The Labute approximate surface area is 96.9 Å². The first kappa shape index (κ1) is 13.0. The topological polar surface area (TPSA) is 46.6 Å². The molecule has 0 atom stereocenters. The van der Waals surface area contributed by atoms with Crippen LogP contribution in [0.15, 0.2) is 0 Å². The van der Waals surface area contributed by atoms with Gasteiger partial charge in [0.25, 0.3) is 0 Å². The lowest BCUT2D eigenvalue weighted by Gasteiger charge is -2.19. The van der Waals surface area contributed by atoms with Crippen molar-refractivity contribution in [1.82, 2.24) is 4.90 Å². The Morgan fingerprint density at radius 1 is 1.31 bits per heavy atom. The van der Waals surface area contributed by atoms with Crippen molar-refractivity contribution >= 4 is 11.9 Å². The molecule has 1 aliphatic rings. The van der Waals surface area contributed by atoms with Gasteiger partial charge in [-0.3, -0.25) is 9.59 Å². The van der Waals surface area contributed by atoms with E-state index in [-0.39, 0.29) is 24.3 Å². The predicted molar refractivity (Wildman–Crippen MR) is 60.8 cm³/mol. The molecule has 0 radical (unpaired) electrons. The van der Waals surface area contributed by atoms with Gasteiger partial charge in [0.15, 0.2) is 0 Å². The highest BCUT2D eigenvalue weighted by molar-refractivity contribution is 5.83. The molecular formula is C12H21NO3. The second-order valence-electron chi connectivity index (χ2n) is 4.40. The molecule has 0 aromatic carbocycles. The van der Waals surface area contributed by atoms with E-state index in [9.17, 15) is 9.59 Å². The van der Waals surface area contributed by atoms with E-state index in [0.717, 1.165) is 32.1 Å². The maximum Gasteiger partial charge on any atom is 0.325 e. The highest BCUT2D eigenvalue weighted by atomic mass is 16.5. The van der Waals surface area contributed by atoms with Crippen molar-refractivity contribution in [2.75, 3.05) is 20.2 Å². The number of esters is 1. The number of amides is 1. The lowest BCUT2D eigenvalue weighted by atomic mass is 10.1. The van der Waals surface area contributed by atoms with Crippen LogP contribution in [-0.4, -0.2) is 37.0 Å². The average Bonchev–Trinajstić information content (AvgIpc) is 2.78. The summed E-state index contributed by atoms with van der Waals surface area (Å²) in [6.07, 6.45) is 5.00. The molecule has 1 aliphatic carbocycles. The van der Waals surface area contributed by atoms with Gasteiger partial charge in [-0.1, -0.05) is 19.8 Å². The fourth-order valence-corrected chi connectivity index (χ4v) is 2.02. The SMILES string of the molecule is CCCOC(=O)CN(C)C(=O)C1CCCC1. The van der Waals surface area contributed by atoms with Gasteiger partial charge >= 0.3 is 5.97 Å². The third-order valence-electron chi connectivity index (χ3n) is 2.91. The van der Waals surface area contributed by atoms with E-state index in [0.29, 0.717) is 6.61 Å². The summed E-state index contributed by atoms with van der Waals surface area (Å²) in [6, 6.07) is 0. The van der Waals surface area contributed by atoms with Crippen LogP contribution < -0.4 is 0 Å². The maximum atomic E-state index is 11.9. The zero-order chi connectivity index (χ0) is 12.0. The van der Waals surface area contributed by atoms with Crippen LogP contribution in [0, 0.1) is 5.92 Å². The lowest BCUT2D eigenvalue weighted by molar-refractivity contribution is -0.149. The van der Waals surface area contributed by atoms with Gasteiger partial charge in [0.05, 0.1) is 6.61 Å². The lowest BCUT2D eigenvalue weighted by Crippen LogP contribution is -2.36. The van der Waals surface area contributed by atoms with Crippen molar-refractivity contribution in [2.24, 2.45) is 5.92 Å². The van der Waals surface area contributed by atoms with Crippen molar-refractivity contribution in [3.63, 3.8) is 0 Å². The first-order valence-corrected chi connectivity index (χ1v) is 6.05. The van der Waals surface area contributed by atoms with E-state index in [1.807, 2.05) is 6.92 Å². The van der Waals surface area contributed by atoms with Crippen LogP contribution in [0.5, 0.6) is 0 Å². The molecule has 92 valence electrons. The summed E-state index contributed by atoms with van der Waals surface area (Å²) in [5.41, 5.74) is 0. The molecule has 0 heterocycles. The Balaban J connectivity index is 2.30. The van der Waals surface area contributed by atoms with Gasteiger partial charge in [-0.05, 0) is 19.3 Å². The van der Waals surface area contributed by atoms with Gasteiger partial charge in [0.1, 0.15) is 6.54 Å². The molecule has 4 nitrogen and oxygen atoms in total. The normalized spacial score (nSPS) is 16.1. The van der Waals surface area contributed by atoms with Crippen LogP contribution in [0.3, 0.4) is 0 Å². The third-order valence-corrected chi connectivity index (χ3v) is 2.91. The van der Waals surface area contributed by atoms with E-state index >= 15 is 0 Å². The first-order chi connectivity index (χ1) is 7.65. The molecule has 1 amide bonds. The molecule has 1 rings (SSSR count). The number of carbonyl (C=O) groups excluding carboxylic acids is 2. The zero-order valence-electron chi connectivity index (χ0n) is 10.2. The molecular weight excluding hydrogens is 206 g/mol. The molecule has 0 N–H and O–H groups in total. The highest BCUT2D eigenvalue weighted by Gasteiger charge is 2.26. The maximum absolute atomic E-state index is 11.9. The van der Waals surface area contributed by atoms with Crippen LogP contribution in [0.25, 0.3) is 0 Å². The monoisotopic (exact) mass is 227 g/mol. The van der Waals surface area contributed by atoms with Crippen molar-refractivity contribution in [3.05, 3.63) is 0 Å². The van der Waals surface area contributed by atoms with E-state index < -0.39 is 0 Å². The van der Waals surface area contributed by atoms with Crippen molar-refractivity contribution < 1.29 is 14.3 Å². The number of hydrogen-bond donors (Lipinski definition) is 0. The Morgan fingerprint density at radius 2 is 1.94 bits per heavy atom. The second kappa shape index (κ2) is 6.51. The molecule has 1 fully saturated rings. The van der Waals surface area contributed by atoms with Gasteiger partial charge < -0.3 is 9.64 Å². The molecule has 0 unspecified atom stereocenters. The number of rotatable bonds is 5. The molecule has 16 heavy (non-hydrogen) atoms. The fourth-order valence-electron chi connectivity index (χ4n) is 2.02. The van der Waals surface area contributed by atoms with Gasteiger partial charge in [-0.2, -0.15) is 0 Å². The molecule has 0 bridgehead atoms. The Morgan fingerprint density at radius 3 is 2.50 bits per heavy atom. The van der Waals surface area contributed by atoms with Crippen LogP contribution in [-0.2, 0) is 14.3 Å². The van der Waals surface area contributed by atoms with Gasteiger partial charge in [-0.15, -0.1) is 0 Å². The molecule has 0 aliphatic heterocycles. The largest absolute Gasteiger partial charge is 0.464 e. The highest BCUT2D eigenvalue weighted by Crippen LogP contribution is 2.26. The standard InChI is InChI=1S/C12H21NO3/c1-3-8-16-11(14)9-13(2)12(15)10-6-4-5-7-10/h10H,3-9H2,1-2H3. The van der Waals surface area contributed by atoms with E-state index in [2.05, 4.69) is 0 Å². The number of likely N-dealkylation sites (N-methyl/N-ethyl adjacent to an activating group) is 1. The Bertz CT molecular complexity index is 247. The van der Waals surface area contributed by atoms with Gasteiger partial charge in [-0.25, -0.2) is 0 Å². The number of nitrogens with zero attached hydrogens (tertiary/aromatic N) is 1. The van der Waals surface area contributed by atoms with Crippen LogP contribution in [0.4, 0.5) is 0 Å². The third kappa shape index (κ3) is 3.83. The quantitative estimate of drug-likeness (QED) is 0.670. The number of hydrogen-bond acceptors (Lipinski definition) is 3. The number of ether oxygens (including phenoxy) is 1. The molecule has 0 aromatic heterocycles. The van der Waals surface area contributed by atoms with Crippen molar-refractivity contribution in [1.29, 1.82) is 0 Å². The summed E-state index contributed by atoms with van der Waals surface area (Å²) in [5, 5.41) is 0. The average molecular weight is 227 g/mol. The second-order valence-corrected chi connectivity index (χ2v) is 4.40. The minimum Gasteiger partial charge on any atom is -0.464 e. The van der Waals surface area contributed by atoms with Crippen LogP contribution in [0.2, 0.25) is 0 Å². The van der Waals surface area contributed by atoms with Crippen molar-refractivity contribution in [3.8, 4) is 0 Å². The Hall–Kier alpha value is -1.06. The predicted octanol–water partition coefficient (Wildman–Crippen LogP) is 1.59. The van der Waals surface area contributed by atoms with Gasteiger partial charge in [0, 0.05) is 13.0 Å². The molecule has 4 heteroatoms.